The number of carbonyl (C=O) groups is 1. The Morgan fingerprint density at radius 2 is 2.06 bits per heavy atom. The van der Waals surface area contributed by atoms with Gasteiger partial charge in [0.15, 0.2) is 11.7 Å². The summed E-state index contributed by atoms with van der Waals surface area (Å²) >= 11 is 1.32. The van der Waals surface area contributed by atoms with Crippen molar-refractivity contribution in [3.8, 4) is 5.75 Å². The molecule has 1 aromatic heterocycles. The fraction of sp³-hybridized carbons (Fsp3) is 0.391. The first kappa shape index (κ1) is 21.7. The van der Waals surface area contributed by atoms with Gasteiger partial charge < -0.3 is 9.47 Å². The molecule has 31 heavy (non-hydrogen) atoms. The lowest BCUT2D eigenvalue weighted by Gasteiger charge is -2.27. The van der Waals surface area contributed by atoms with Gasteiger partial charge in [-0.3, -0.25) is 14.6 Å². The van der Waals surface area contributed by atoms with E-state index in [0.717, 1.165) is 49.5 Å². The molecule has 1 saturated heterocycles. The minimum absolute atomic E-state index is 0.0978. The summed E-state index contributed by atoms with van der Waals surface area (Å²) in [7, 11) is 0. The quantitative estimate of drug-likeness (QED) is 0.529. The number of amides is 1. The van der Waals surface area contributed by atoms with Crippen LogP contribution in [0.3, 0.4) is 0 Å². The molecule has 0 N–H and O–H groups in total. The minimum Gasteiger partial charge on any atom is -0.484 e. The maximum atomic E-state index is 14.2. The van der Waals surface area contributed by atoms with E-state index in [9.17, 15) is 9.18 Å². The second kappa shape index (κ2) is 10.2. The zero-order valence-electron chi connectivity index (χ0n) is 17.6. The topological polar surface area (TPSA) is 54.9 Å². The summed E-state index contributed by atoms with van der Waals surface area (Å²) in [6.07, 6.45) is 0.786. The van der Waals surface area contributed by atoms with Gasteiger partial charge in [0.25, 0.3) is 5.91 Å². The number of benzene rings is 2. The van der Waals surface area contributed by atoms with Crippen molar-refractivity contribution in [1.29, 1.82) is 0 Å². The van der Waals surface area contributed by atoms with E-state index in [0.29, 0.717) is 22.9 Å². The lowest BCUT2D eigenvalue weighted by Crippen LogP contribution is -2.40. The number of carbonyl (C=O) groups excluding carboxylic acids is 1. The van der Waals surface area contributed by atoms with Crippen LogP contribution in [0, 0.1) is 12.7 Å². The van der Waals surface area contributed by atoms with Crippen LogP contribution in [0.15, 0.2) is 42.5 Å². The first-order valence-corrected chi connectivity index (χ1v) is 11.3. The SMILES string of the molecule is Cc1cccc(OCC(=O)N(CCCN2CCOCC2)c2nc3c(F)cccc3s2)c1. The fourth-order valence-electron chi connectivity index (χ4n) is 3.55. The van der Waals surface area contributed by atoms with Crippen molar-refractivity contribution in [2.24, 2.45) is 0 Å². The highest BCUT2D eigenvalue weighted by Gasteiger charge is 2.22. The number of nitrogens with zero attached hydrogens (tertiary/aromatic N) is 3. The second-order valence-corrected chi connectivity index (χ2v) is 8.55. The van der Waals surface area contributed by atoms with Gasteiger partial charge in [0, 0.05) is 26.2 Å². The van der Waals surface area contributed by atoms with E-state index in [4.69, 9.17) is 9.47 Å². The smallest absolute Gasteiger partial charge is 0.266 e. The fourth-order valence-corrected chi connectivity index (χ4v) is 4.57. The minimum atomic E-state index is -0.378. The normalized spacial score (nSPS) is 14.6. The van der Waals surface area contributed by atoms with Crippen LogP contribution in [0.5, 0.6) is 5.75 Å². The van der Waals surface area contributed by atoms with Crippen LogP contribution in [0.2, 0.25) is 0 Å². The van der Waals surface area contributed by atoms with Gasteiger partial charge in [0.2, 0.25) is 0 Å². The van der Waals surface area contributed by atoms with E-state index < -0.39 is 0 Å². The average Bonchev–Trinajstić information content (AvgIpc) is 3.21. The number of anilines is 1. The number of morpholine rings is 1. The van der Waals surface area contributed by atoms with Crippen molar-refractivity contribution in [3.63, 3.8) is 0 Å². The summed E-state index contributed by atoms with van der Waals surface area (Å²) in [6.45, 7) is 6.52. The zero-order chi connectivity index (χ0) is 21.6. The highest BCUT2D eigenvalue weighted by molar-refractivity contribution is 7.22. The zero-order valence-corrected chi connectivity index (χ0v) is 18.4. The number of thiazole rings is 1. The van der Waals surface area contributed by atoms with Gasteiger partial charge in [0.05, 0.1) is 17.9 Å². The number of ether oxygens (including phenoxy) is 2. The largest absolute Gasteiger partial charge is 0.484 e. The van der Waals surface area contributed by atoms with Crippen LogP contribution >= 0.6 is 11.3 Å². The predicted molar refractivity (Wildman–Crippen MR) is 120 cm³/mol. The number of hydrogen-bond acceptors (Lipinski definition) is 6. The lowest BCUT2D eigenvalue weighted by atomic mass is 10.2. The van der Waals surface area contributed by atoms with Crippen LogP contribution in [-0.2, 0) is 9.53 Å². The van der Waals surface area contributed by atoms with Crippen molar-refractivity contribution in [2.45, 2.75) is 13.3 Å². The van der Waals surface area contributed by atoms with Gasteiger partial charge in [-0.2, -0.15) is 0 Å². The monoisotopic (exact) mass is 443 g/mol. The lowest BCUT2D eigenvalue weighted by molar-refractivity contribution is -0.120. The van der Waals surface area contributed by atoms with Gasteiger partial charge in [-0.05, 0) is 43.2 Å². The number of hydrogen-bond donors (Lipinski definition) is 0. The molecule has 2 aromatic carbocycles. The Labute approximate surface area is 185 Å². The third-order valence-corrected chi connectivity index (χ3v) is 6.25. The van der Waals surface area contributed by atoms with Crippen LogP contribution in [0.1, 0.15) is 12.0 Å². The third-order valence-electron chi connectivity index (χ3n) is 5.20. The molecule has 4 rings (SSSR count). The van der Waals surface area contributed by atoms with Crippen LogP contribution < -0.4 is 9.64 Å². The van der Waals surface area contributed by atoms with Crippen LogP contribution in [0.4, 0.5) is 9.52 Å². The Morgan fingerprint density at radius 3 is 2.84 bits per heavy atom. The summed E-state index contributed by atoms with van der Waals surface area (Å²) in [5.74, 6) is 0.0802. The summed E-state index contributed by atoms with van der Waals surface area (Å²) in [4.78, 5) is 21.5. The molecule has 8 heteroatoms. The van der Waals surface area contributed by atoms with E-state index in [1.54, 1.807) is 11.0 Å². The van der Waals surface area contributed by atoms with E-state index >= 15 is 0 Å². The molecular formula is C23H26FN3O3S. The Balaban J connectivity index is 1.47. The number of aryl methyl sites for hydroxylation is 1. The molecular weight excluding hydrogens is 417 g/mol. The van der Waals surface area contributed by atoms with Crippen molar-refractivity contribution >= 4 is 32.6 Å². The van der Waals surface area contributed by atoms with E-state index in [-0.39, 0.29) is 18.3 Å². The molecule has 0 aliphatic carbocycles. The number of para-hydroxylation sites is 1. The van der Waals surface area contributed by atoms with Crippen molar-refractivity contribution in [1.82, 2.24) is 9.88 Å². The summed E-state index contributed by atoms with van der Waals surface area (Å²) < 4.78 is 26.0. The molecule has 0 radical (unpaired) electrons. The molecule has 1 amide bonds. The standard InChI is InChI=1S/C23H26FN3O3S/c1-17-5-2-6-18(15-17)30-16-21(28)27(10-4-9-26-11-13-29-14-12-26)23-25-22-19(24)7-3-8-20(22)31-23/h2-3,5-8,15H,4,9-14,16H2,1H3. The molecule has 164 valence electrons. The Morgan fingerprint density at radius 1 is 1.26 bits per heavy atom. The van der Waals surface area contributed by atoms with Gasteiger partial charge in [-0.15, -0.1) is 0 Å². The maximum Gasteiger partial charge on any atom is 0.266 e. The molecule has 1 aliphatic heterocycles. The Kier molecular flexibility index (Phi) is 7.11. The molecule has 6 nitrogen and oxygen atoms in total. The van der Waals surface area contributed by atoms with Crippen LogP contribution in [-0.4, -0.2) is 61.8 Å². The molecule has 0 atom stereocenters. The predicted octanol–water partition coefficient (Wildman–Crippen LogP) is 3.88. The summed E-state index contributed by atoms with van der Waals surface area (Å²) in [5, 5.41) is 0.500. The first-order valence-electron chi connectivity index (χ1n) is 10.4. The molecule has 2 heterocycles. The van der Waals surface area contributed by atoms with Crippen molar-refractivity contribution < 1.29 is 18.7 Å². The summed E-state index contributed by atoms with van der Waals surface area (Å²) in [5.41, 5.74) is 1.36. The van der Waals surface area contributed by atoms with E-state index in [1.807, 2.05) is 37.3 Å². The summed E-state index contributed by atoms with van der Waals surface area (Å²) in [6, 6.07) is 12.5. The highest BCUT2D eigenvalue weighted by atomic mass is 32.1. The average molecular weight is 444 g/mol. The van der Waals surface area contributed by atoms with E-state index in [2.05, 4.69) is 9.88 Å². The molecule has 0 spiro atoms. The number of rotatable bonds is 8. The number of halogens is 1. The molecule has 3 aromatic rings. The molecule has 0 bridgehead atoms. The highest BCUT2D eigenvalue weighted by Crippen LogP contribution is 2.30. The second-order valence-electron chi connectivity index (χ2n) is 7.54. The first-order chi connectivity index (χ1) is 15.1. The van der Waals surface area contributed by atoms with Gasteiger partial charge >= 0.3 is 0 Å². The van der Waals surface area contributed by atoms with Gasteiger partial charge in [-0.25, -0.2) is 9.37 Å². The number of fused-ring (bicyclic) bond motifs is 1. The molecule has 1 aliphatic rings. The molecule has 0 saturated carbocycles. The third kappa shape index (κ3) is 5.58. The van der Waals surface area contributed by atoms with Gasteiger partial charge in [0.1, 0.15) is 17.1 Å². The van der Waals surface area contributed by atoms with E-state index in [1.165, 1.54) is 17.4 Å². The van der Waals surface area contributed by atoms with Crippen molar-refractivity contribution in [3.05, 3.63) is 53.8 Å². The van der Waals surface area contributed by atoms with Gasteiger partial charge in [-0.1, -0.05) is 29.5 Å². The van der Waals surface area contributed by atoms with Crippen molar-refractivity contribution in [2.75, 3.05) is 50.9 Å². The molecule has 0 unspecified atom stereocenters. The van der Waals surface area contributed by atoms with Crippen LogP contribution in [0.25, 0.3) is 10.2 Å². The maximum absolute atomic E-state index is 14.2. The molecule has 1 fully saturated rings. The Bertz CT molecular complexity index is 1040. The number of aromatic nitrogens is 1. The Hall–Kier alpha value is -2.55.